The van der Waals surface area contributed by atoms with Crippen LogP contribution in [0.4, 0.5) is 0 Å². The number of methoxy groups -OCH3 is 1. The van der Waals surface area contributed by atoms with E-state index in [1.807, 2.05) is 6.07 Å². The van der Waals surface area contributed by atoms with Crippen LogP contribution in [0.25, 0.3) is 0 Å². The van der Waals surface area contributed by atoms with Gasteiger partial charge in [0.25, 0.3) is 0 Å². The second-order valence-corrected chi connectivity index (χ2v) is 5.12. The van der Waals surface area contributed by atoms with Crippen molar-refractivity contribution in [3.05, 3.63) is 0 Å². The van der Waals surface area contributed by atoms with Gasteiger partial charge in [-0.05, 0) is 19.3 Å². The first-order chi connectivity index (χ1) is 9.60. The SMILES string of the molecule is COCCN(CCC#N)C(=O)C1CCCC(C(=O)O)C1. The van der Waals surface area contributed by atoms with Gasteiger partial charge in [0, 0.05) is 26.1 Å². The highest BCUT2D eigenvalue weighted by Gasteiger charge is 2.33. The van der Waals surface area contributed by atoms with E-state index in [4.69, 9.17) is 15.1 Å². The molecule has 1 amide bonds. The predicted octanol–water partition coefficient (Wildman–Crippen LogP) is 1.27. The van der Waals surface area contributed by atoms with Gasteiger partial charge in [-0.2, -0.15) is 5.26 Å². The van der Waals surface area contributed by atoms with Crippen molar-refractivity contribution < 1.29 is 19.4 Å². The standard InChI is InChI=1S/C14H22N2O4/c1-20-9-8-16(7-3-6-15)13(17)11-4-2-5-12(10-11)14(18)19/h11-12H,2-5,7-10H2,1H3,(H,18,19). The molecule has 1 saturated carbocycles. The van der Waals surface area contributed by atoms with E-state index in [-0.39, 0.29) is 18.2 Å². The molecule has 1 fully saturated rings. The molecule has 1 aliphatic carbocycles. The van der Waals surface area contributed by atoms with Crippen molar-refractivity contribution in [3.8, 4) is 6.07 Å². The lowest BCUT2D eigenvalue weighted by Gasteiger charge is -2.31. The fraction of sp³-hybridized carbons (Fsp3) is 0.786. The van der Waals surface area contributed by atoms with Crippen LogP contribution >= 0.6 is 0 Å². The third-order valence-corrected chi connectivity index (χ3v) is 3.74. The van der Waals surface area contributed by atoms with Crippen LogP contribution in [-0.2, 0) is 14.3 Å². The lowest BCUT2D eigenvalue weighted by Crippen LogP contribution is -2.41. The molecule has 0 aromatic heterocycles. The van der Waals surface area contributed by atoms with Crippen LogP contribution < -0.4 is 0 Å². The smallest absolute Gasteiger partial charge is 0.306 e. The molecule has 6 heteroatoms. The summed E-state index contributed by atoms with van der Waals surface area (Å²) in [7, 11) is 1.56. The molecule has 2 atom stereocenters. The fourth-order valence-electron chi connectivity index (χ4n) is 2.62. The van der Waals surface area contributed by atoms with E-state index in [9.17, 15) is 9.59 Å². The number of hydrogen-bond donors (Lipinski definition) is 1. The minimum Gasteiger partial charge on any atom is -0.481 e. The lowest BCUT2D eigenvalue weighted by molar-refractivity contribution is -0.145. The Morgan fingerprint density at radius 1 is 1.35 bits per heavy atom. The van der Waals surface area contributed by atoms with Crippen molar-refractivity contribution in [2.24, 2.45) is 11.8 Å². The summed E-state index contributed by atoms with van der Waals surface area (Å²) < 4.78 is 4.98. The Morgan fingerprint density at radius 2 is 2.05 bits per heavy atom. The van der Waals surface area contributed by atoms with Gasteiger partial charge in [-0.25, -0.2) is 0 Å². The van der Waals surface area contributed by atoms with Crippen LogP contribution in [-0.4, -0.2) is 48.7 Å². The molecule has 1 rings (SSSR count). The van der Waals surface area contributed by atoms with Gasteiger partial charge in [0.15, 0.2) is 0 Å². The van der Waals surface area contributed by atoms with Gasteiger partial charge in [-0.1, -0.05) is 6.42 Å². The van der Waals surface area contributed by atoms with Crippen molar-refractivity contribution in [1.82, 2.24) is 4.90 Å². The molecule has 1 N–H and O–H groups in total. The first kappa shape index (κ1) is 16.4. The number of rotatable bonds is 7. The average Bonchev–Trinajstić information content (AvgIpc) is 2.47. The van der Waals surface area contributed by atoms with E-state index >= 15 is 0 Å². The Balaban J connectivity index is 2.62. The molecule has 20 heavy (non-hydrogen) atoms. The molecule has 0 bridgehead atoms. The normalized spacial score (nSPS) is 22.0. The van der Waals surface area contributed by atoms with E-state index in [1.54, 1.807) is 12.0 Å². The van der Waals surface area contributed by atoms with Crippen molar-refractivity contribution >= 4 is 11.9 Å². The van der Waals surface area contributed by atoms with Crippen LogP contribution in [0, 0.1) is 23.2 Å². The van der Waals surface area contributed by atoms with Crippen molar-refractivity contribution in [1.29, 1.82) is 5.26 Å². The van der Waals surface area contributed by atoms with E-state index in [1.165, 1.54) is 0 Å². The molecule has 1 aliphatic rings. The molecule has 0 radical (unpaired) electrons. The molecule has 0 saturated heterocycles. The van der Waals surface area contributed by atoms with Gasteiger partial charge in [0.1, 0.15) is 0 Å². The summed E-state index contributed by atoms with van der Waals surface area (Å²) in [4.78, 5) is 25.1. The summed E-state index contributed by atoms with van der Waals surface area (Å²) >= 11 is 0. The van der Waals surface area contributed by atoms with E-state index < -0.39 is 11.9 Å². The minimum atomic E-state index is -0.817. The Kier molecular flexibility index (Phi) is 7.02. The first-order valence-electron chi connectivity index (χ1n) is 6.97. The van der Waals surface area contributed by atoms with Gasteiger partial charge in [-0.15, -0.1) is 0 Å². The largest absolute Gasteiger partial charge is 0.481 e. The third kappa shape index (κ3) is 4.82. The highest BCUT2D eigenvalue weighted by Crippen LogP contribution is 2.30. The Bertz CT molecular complexity index is 378. The van der Waals surface area contributed by atoms with E-state index in [0.717, 1.165) is 12.8 Å². The maximum atomic E-state index is 12.4. The summed E-state index contributed by atoms with van der Waals surface area (Å²) in [6.45, 7) is 1.25. The molecular formula is C14H22N2O4. The molecule has 6 nitrogen and oxygen atoms in total. The number of amides is 1. The van der Waals surface area contributed by atoms with Crippen LogP contribution in [0.3, 0.4) is 0 Å². The van der Waals surface area contributed by atoms with Crippen LogP contribution in [0.1, 0.15) is 32.1 Å². The molecule has 0 spiro atoms. The van der Waals surface area contributed by atoms with Gasteiger partial charge in [-0.3, -0.25) is 9.59 Å². The zero-order valence-electron chi connectivity index (χ0n) is 11.9. The number of carbonyl (C=O) groups excluding carboxylic acids is 1. The summed E-state index contributed by atoms with van der Waals surface area (Å²) in [6.07, 6.45) is 2.84. The maximum Gasteiger partial charge on any atom is 0.306 e. The second kappa shape index (κ2) is 8.54. The van der Waals surface area contributed by atoms with E-state index in [0.29, 0.717) is 32.5 Å². The van der Waals surface area contributed by atoms with Crippen LogP contribution in [0.15, 0.2) is 0 Å². The van der Waals surface area contributed by atoms with Crippen LogP contribution in [0.5, 0.6) is 0 Å². The molecule has 0 aliphatic heterocycles. The average molecular weight is 282 g/mol. The number of aliphatic carboxylic acids is 1. The fourth-order valence-corrected chi connectivity index (χ4v) is 2.62. The van der Waals surface area contributed by atoms with Gasteiger partial charge in [0.2, 0.25) is 5.91 Å². The molecule has 2 unspecified atom stereocenters. The maximum absolute atomic E-state index is 12.4. The molecule has 0 aromatic rings. The zero-order chi connectivity index (χ0) is 15.0. The quantitative estimate of drug-likeness (QED) is 0.759. The summed E-state index contributed by atoms with van der Waals surface area (Å²) in [5.74, 6) is -1.51. The number of carbonyl (C=O) groups is 2. The lowest BCUT2D eigenvalue weighted by atomic mass is 9.80. The van der Waals surface area contributed by atoms with Gasteiger partial charge in [0.05, 0.1) is 25.0 Å². The number of carboxylic acid groups (broad SMARTS) is 1. The topological polar surface area (TPSA) is 90.6 Å². The number of hydrogen-bond acceptors (Lipinski definition) is 4. The number of nitriles is 1. The monoisotopic (exact) mass is 282 g/mol. The van der Waals surface area contributed by atoms with Crippen molar-refractivity contribution in [2.75, 3.05) is 26.8 Å². The van der Waals surface area contributed by atoms with Gasteiger partial charge >= 0.3 is 5.97 Å². The Hall–Kier alpha value is -1.61. The number of nitrogens with zero attached hydrogens (tertiary/aromatic N) is 2. The summed E-state index contributed by atoms with van der Waals surface area (Å²) in [5, 5.41) is 17.7. The number of ether oxygens (including phenoxy) is 1. The summed E-state index contributed by atoms with van der Waals surface area (Å²) in [6, 6.07) is 2.03. The first-order valence-corrected chi connectivity index (χ1v) is 6.97. The highest BCUT2D eigenvalue weighted by atomic mass is 16.5. The number of carboxylic acids is 1. The predicted molar refractivity (Wildman–Crippen MR) is 71.8 cm³/mol. The molecular weight excluding hydrogens is 260 g/mol. The zero-order valence-corrected chi connectivity index (χ0v) is 11.9. The Morgan fingerprint density at radius 3 is 2.65 bits per heavy atom. The molecule has 0 heterocycles. The van der Waals surface area contributed by atoms with E-state index in [2.05, 4.69) is 0 Å². The summed E-state index contributed by atoms with van der Waals surface area (Å²) in [5.41, 5.74) is 0. The molecule has 0 aromatic carbocycles. The minimum absolute atomic E-state index is 0.0387. The highest BCUT2D eigenvalue weighted by molar-refractivity contribution is 5.80. The second-order valence-electron chi connectivity index (χ2n) is 5.12. The third-order valence-electron chi connectivity index (χ3n) is 3.74. The van der Waals surface area contributed by atoms with Crippen molar-refractivity contribution in [3.63, 3.8) is 0 Å². The Labute approximate surface area is 119 Å². The van der Waals surface area contributed by atoms with Crippen LogP contribution in [0.2, 0.25) is 0 Å². The van der Waals surface area contributed by atoms with Crippen molar-refractivity contribution in [2.45, 2.75) is 32.1 Å². The van der Waals surface area contributed by atoms with Gasteiger partial charge < -0.3 is 14.7 Å². The molecule has 112 valence electrons.